The summed E-state index contributed by atoms with van der Waals surface area (Å²) < 4.78 is 1.07. The van der Waals surface area contributed by atoms with Crippen LogP contribution in [0, 0.1) is 0 Å². The Morgan fingerprint density at radius 3 is 2.84 bits per heavy atom. The summed E-state index contributed by atoms with van der Waals surface area (Å²) in [6, 6.07) is 7.44. The number of aliphatic imine (C=N–C) groups is 1. The summed E-state index contributed by atoms with van der Waals surface area (Å²) in [6.45, 7) is 1.66. The fraction of sp³-hybridized carbons (Fsp3) is 0.385. The Morgan fingerprint density at radius 1 is 1.37 bits per heavy atom. The molecular formula is C13H13ClN2OS2. The highest BCUT2D eigenvalue weighted by Crippen LogP contribution is 2.33. The maximum absolute atomic E-state index is 12.4. The van der Waals surface area contributed by atoms with Crippen LogP contribution in [0.15, 0.2) is 29.3 Å². The van der Waals surface area contributed by atoms with Crippen LogP contribution in [0.3, 0.4) is 0 Å². The number of carbonyl (C=O) groups excluding carboxylic acids is 1. The van der Waals surface area contributed by atoms with Gasteiger partial charge in [0.1, 0.15) is 4.38 Å². The van der Waals surface area contributed by atoms with Crippen molar-refractivity contribution in [3.8, 4) is 0 Å². The van der Waals surface area contributed by atoms with E-state index in [4.69, 9.17) is 11.6 Å². The predicted octanol–water partition coefficient (Wildman–Crippen LogP) is 3.28. The molecule has 0 unspecified atom stereocenters. The molecule has 0 N–H and O–H groups in total. The summed E-state index contributed by atoms with van der Waals surface area (Å²) in [5, 5.41) is 0.707. The average molecular weight is 313 g/mol. The van der Waals surface area contributed by atoms with E-state index < -0.39 is 0 Å². The van der Waals surface area contributed by atoms with Gasteiger partial charge in [-0.3, -0.25) is 9.79 Å². The van der Waals surface area contributed by atoms with Crippen molar-refractivity contribution in [2.75, 3.05) is 23.7 Å². The van der Waals surface area contributed by atoms with Gasteiger partial charge in [0.15, 0.2) is 0 Å². The maximum atomic E-state index is 12.4. The standard InChI is InChI=1S/C13H13ClN2OS2/c14-9-1-3-10(4-2-9)16-7-5-11(12(16)17)19-13-15-6-8-18-13/h1-4,11H,5-8H2/t11-/m0/s1. The quantitative estimate of drug-likeness (QED) is 0.840. The zero-order valence-electron chi connectivity index (χ0n) is 10.2. The number of benzene rings is 1. The Morgan fingerprint density at radius 2 is 2.16 bits per heavy atom. The van der Waals surface area contributed by atoms with Crippen molar-refractivity contribution in [3.05, 3.63) is 29.3 Å². The van der Waals surface area contributed by atoms with Crippen molar-refractivity contribution in [1.82, 2.24) is 0 Å². The monoisotopic (exact) mass is 312 g/mol. The van der Waals surface area contributed by atoms with Crippen molar-refractivity contribution in [3.63, 3.8) is 0 Å². The van der Waals surface area contributed by atoms with Gasteiger partial charge in [0.25, 0.3) is 0 Å². The van der Waals surface area contributed by atoms with Crippen LogP contribution >= 0.6 is 35.1 Å². The summed E-state index contributed by atoms with van der Waals surface area (Å²) in [5.41, 5.74) is 0.929. The van der Waals surface area contributed by atoms with Gasteiger partial charge in [0.05, 0.1) is 11.8 Å². The molecule has 2 aliphatic heterocycles. The number of amides is 1. The van der Waals surface area contributed by atoms with Gasteiger partial charge in [-0.05, 0) is 30.7 Å². The molecule has 100 valence electrons. The number of anilines is 1. The van der Waals surface area contributed by atoms with Crippen LogP contribution < -0.4 is 4.90 Å². The van der Waals surface area contributed by atoms with Gasteiger partial charge < -0.3 is 4.90 Å². The third-order valence-corrected chi connectivity index (χ3v) is 5.81. The molecule has 0 aliphatic carbocycles. The van der Waals surface area contributed by atoms with E-state index in [0.717, 1.165) is 35.3 Å². The Hall–Kier alpha value is -0.650. The summed E-state index contributed by atoms with van der Waals surface area (Å²) >= 11 is 9.25. The van der Waals surface area contributed by atoms with Gasteiger partial charge in [0.2, 0.25) is 5.91 Å². The molecule has 1 amide bonds. The number of hydrogen-bond donors (Lipinski definition) is 0. The van der Waals surface area contributed by atoms with E-state index in [2.05, 4.69) is 4.99 Å². The first-order valence-electron chi connectivity index (χ1n) is 6.15. The number of thioether (sulfide) groups is 2. The van der Waals surface area contributed by atoms with Crippen LogP contribution in [-0.4, -0.2) is 34.4 Å². The number of carbonyl (C=O) groups is 1. The van der Waals surface area contributed by atoms with Gasteiger partial charge in [-0.25, -0.2) is 0 Å². The first kappa shape index (κ1) is 13.3. The minimum Gasteiger partial charge on any atom is -0.311 e. The number of halogens is 1. The molecule has 3 nitrogen and oxygen atoms in total. The minimum atomic E-state index is 0.0139. The van der Waals surface area contributed by atoms with Crippen LogP contribution in [0.4, 0.5) is 5.69 Å². The Bertz CT molecular complexity index is 518. The molecule has 1 atom stereocenters. The molecule has 2 aliphatic rings. The highest BCUT2D eigenvalue weighted by atomic mass is 35.5. The number of rotatable bonds is 2. The van der Waals surface area contributed by atoms with Crippen molar-refractivity contribution in [1.29, 1.82) is 0 Å². The second-order valence-corrected chi connectivity index (χ2v) is 7.33. The van der Waals surface area contributed by atoms with E-state index in [1.54, 1.807) is 23.5 Å². The van der Waals surface area contributed by atoms with E-state index in [0.29, 0.717) is 5.02 Å². The Kier molecular flexibility index (Phi) is 4.05. The zero-order valence-corrected chi connectivity index (χ0v) is 12.6. The third-order valence-electron chi connectivity index (χ3n) is 3.10. The van der Waals surface area contributed by atoms with E-state index in [9.17, 15) is 4.79 Å². The van der Waals surface area contributed by atoms with Gasteiger partial charge >= 0.3 is 0 Å². The Balaban J connectivity index is 1.69. The highest BCUT2D eigenvalue weighted by Gasteiger charge is 2.34. The third kappa shape index (κ3) is 2.93. The fourth-order valence-corrected chi connectivity index (χ4v) is 4.55. The normalized spacial score (nSPS) is 23.0. The molecule has 19 heavy (non-hydrogen) atoms. The van der Waals surface area contributed by atoms with Crippen LogP contribution in [0.25, 0.3) is 0 Å². The molecule has 0 saturated carbocycles. The fourth-order valence-electron chi connectivity index (χ4n) is 2.15. The smallest absolute Gasteiger partial charge is 0.240 e. The molecule has 2 heterocycles. The summed E-state index contributed by atoms with van der Waals surface area (Å²) in [5.74, 6) is 1.23. The number of nitrogens with zero attached hydrogens (tertiary/aromatic N) is 2. The summed E-state index contributed by atoms with van der Waals surface area (Å²) in [4.78, 5) is 18.6. The predicted molar refractivity (Wildman–Crippen MR) is 84.6 cm³/mol. The first-order valence-corrected chi connectivity index (χ1v) is 8.39. The Labute approximate surface area is 125 Å². The van der Waals surface area contributed by atoms with Gasteiger partial charge in [-0.2, -0.15) is 0 Å². The van der Waals surface area contributed by atoms with Gasteiger partial charge in [-0.1, -0.05) is 35.1 Å². The summed E-state index contributed by atoms with van der Waals surface area (Å²) in [6.07, 6.45) is 0.881. The molecule has 1 saturated heterocycles. The van der Waals surface area contributed by atoms with Gasteiger partial charge in [-0.15, -0.1) is 0 Å². The van der Waals surface area contributed by atoms with E-state index in [-0.39, 0.29) is 11.2 Å². The highest BCUT2D eigenvalue weighted by molar-refractivity contribution is 8.39. The lowest BCUT2D eigenvalue weighted by Crippen LogP contribution is -2.28. The molecule has 6 heteroatoms. The molecule has 0 bridgehead atoms. The zero-order chi connectivity index (χ0) is 13.2. The van der Waals surface area contributed by atoms with Crippen LogP contribution in [0.1, 0.15) is 6.42 Å². The molecule has 1 fully saturated rings. The van der Waals surface area contributed by atoms with Crippen LogP contribution in [0.5, 0.6) is 0 Å². The second-order valence-electron chi connectivity index (χ2n) is 4.36. The number of hydrogen-bond acceptors (Lipinski definition) is 4. The van der Waals surface area contributed by atoms with Crippen LogP contribution in [0.2, 0.25) is 5.02 Å². The lowest BCUT2D eigenvalue weighted by atomic mass is 10.3. The van der Waals surface area contributed by atoms with Crippen molar-refractivity contribution in [2.45, 2.75) is 11.7 Å². The lowest BCUT2D eigenvalue weighted by Gasteiger charge is -2.16. The molecule has 0 aromatic heterocycles. The van der Waals surface area contributed by atoms with Crippen LogP contribution in [-0.2, 0) is 4.79 Å². The van der Waals surface area contributed by atoms with Gasteiger partial charge in [0, 0.05) is 23.0 Å². The van der Waals surface area contributed by atoms with Crippen molar-refractivity contribution in [2.24, 2.45) is 4.99 Å². The largest absolute Gasteiger partial charge is 0.311 e. The first-order chi connectivity index (χ1) is 9.24. The molecule has 1 aromatic rings. The van der Waals surface area contributed by atoms with E-state index >= 15 is 0 Å². The maximum Gasteiger partial charge on any atom is 0.240 e. The van der Waals surface area contributed by atoms with Crippen molar-refractivity contribution >= 4 is 51.1 Å². The molecule has 3 rings (SSSR count). The molecule has 1 aromatic carbocycles. The average Bonchev–Trinajstić information content (AvgIpc) is 3.03. The topological polar surface area (TPSA) is 32.7 Å². The molecular weight excluding hydrogens is 300 g/mol. The lowest BCUT2D eigenvalue weighted by molar-refractivity contribution is -0.116. The summed E-state index contributed by atoms with van der Waals surface area (Å²) in [7, 11) is 0. The second kappa shape index (κ2) is 5.77. The van der Waals surface area contributed by atoms with E-state index in [1.165, 1.54) is 0 Å². The van der Waals surface area contributed by atoms with Crippen molar-refractivity contribution < 1.29 is 4.79 Å². The SMILES string of the molecule is O=C1[C@@H](SC2=NCCS2)CCN1c1ccc(Cl)cc1. The molecule has 0 spiro atoms. The minimum absolute atomic E-state index is 0.0139. The van der Waals surface area contributed by atoms with E-state index in [1.807, 2.05) is 29.2 Å². The molecule has 0 radical (unpaired) electrons.